The molecule has 0 aliphatic heterocycles. The normalized spacial score (nSPS) is 14.0. The Balaban J connectivity index is 1.86. The van der Waals surface area contributed by atoms with E-state index in [1.165, 1.54) is 10.9 Å². The average molecular weight is 439 g/mol. The second-order valence-corrected chi connectivity index (χ2v) is 8.34. The van der Waals surface area contributed by atoms with Crippen LogP contribution in [0.25, 0.3) is 11.1 Å². The van der Waals surface area contributed by atoms with Crippen LogP contribution in [0.3, 0.4) is 0 Å². The number of fused-ring (bicyclic) bond motifs is 1. The van der Waals surface area contributed by atoms with Gasteiger partial charge >= 0.3 is 6.18 Å². The number of benzene rings is 1. The third-order valence-corrected chi connectivity index (χ3v) is 6.06. The summed E-state index contributed by atoms with van der Waals surface area (Å²) in [5.41, 5.74) is 12.0. The zero-order valence-corrected chi connectivity index (χ0v) is 18.1. The molecule has 2 heterocycles. The number of halogens is 3. The highest BCUT2D eigenvalue weighted by molar-refractivity contribution is 5.82. The van der Waals surface area contributed by atoms with E-state index >= 15 is 0 Å². The zero-order chi connectivity index (χ0) is 23.0. The summed E-state index contributed by atoms with van der Waals surface area (Å²) in [6.07, 6.45) is 1.64. The molecule has 0 fully saturated rings. The summed E-state index contributed by atoms with van der Waals surface area (Å²) in [6.45, 7) is 4.06. The van der Waals surface area contributed by atoms with E-state index < -0.39 is 11.9 Å². The van der Waals surface area contributed by atoms with Crippen LogP contribution in [-0.4, -0.2) is 14.8 Å². The fourth-order valence-electron chi connectivity index (χ4n) is 4.48. The molecule has 3 aromatic rings. The SMILES string of the molecule is Cc1cc(Cn2ccc(C(F)(F)F)n2)c(C)c(-c2c(C#N)c(N)nc3c2CCCCC3)c1. The molecular formula is C24H24F3N5. The summed E-state index contributed by atoms with van der Waals surface area (Å²) >= 11 is 0. The van der Waals surface area contributed by atoms with E-state index in [9.17, 15) is 18.4 Å². The number of aromatic nitrogens is 3. The molecule has 2 aromatic heterocycles. The van der Waals surface area contributed by atoms with Crippen molar-refractivity contribution < 1.29 is 13.2 Å². The Kier molecular flexibility index (Phi) is 5.68. The third-order valence-electron chi connectivity index (χ3n) is 6.06. The monoisotopic (exact) mass is 439 g/mol. The lowest BCUT2D eigenvalue weighted by Crippen LogP contribution is -2.10. The lowest BCUT2D eigenvalue weighted by atomic mass is 9.87. The van der Waals surface area contributed by atoms with Crippen molar-refractivity contribution >= 4 is 5.82 Å². The first-order chi connectivity index (χ1) is 15.2. The Morgan fingerprint density at radius 1 is 1.16 bits per heavy atom. The van der Waals surface area contributed by atoms with Crippen molar-refractivity contribution in [2.75, 3.05) is 5.73 Å². The van der Waals surface area contributed by atoms with Gasteiger partial charge in [0.15, 0.2) is 5.69 Å². The van der Waals surface area contributed by atoms with E-state index in [2.05, 4.69) is 16.2 Å². The molecule has 1 aliphatic rings. The Labute approximate surface area is 184 Å². The van der Waals surface area contributed by atoms with Gasteiger partial charge in [0.1, 0.15) is 17.5 Å². The third kappa shape index (κ3) is 4.07. The number of alkyl halides is 3. The lowest BCUT2D eigenvalue weighted by Gasteiger charge is -2.20. The maximum atomic E-state index is 13.0. The Hall–Kier alpha value is -3.34. The molecule has 5 nitrogen and oxygen atoms in total. The topological polar surface area (TPSA) is 80.5 Å². The van der Waals surface area contributed by atoms with Crippen LogP contribution in [0.5, 0.6) is 0 Å². The first-order valence-corrected chi connectivity index (χ1v) is 10.6. The first kappa shape index (κ1) is 21.9. The quantitative estimate of drug-likeness (QED) is 0.558. The summed E-state index contributed by atoms with van der Waals surface area (Å²) in [5.74, 6) is 0.229. The molecule has 166 valence electrons. The van der Waals surface area contributed by atoms with E-state index in [0.717, 1.165) is 77.2 Å². The highest BCUT2D eigenvalue weighted by atomic mass is 19.4. The summed E-state index contributed by atoms with van der Waals surface area (Å²) in [4.78, 5) is 4.53. The fraction of sp³-hybridized carbons (Fsp3) is 0.375. The van der Waals surface area contributed by atoms with E-state index in [1.54, 1.807) is 0 Å². The highest BCUT2D eigenvalue weighted by Crippen LogP contribution is 2.38. The molecule has 0 unspecified atom stereocenters. The molecule has 0 saturated carbocycles. The van der Waals surface area contributed by atoms with Crippen molar-refractivity contribution in [3.63, 3.8) is 0 Å². The number of pyridine rings is 1. The van der Waals surface area contributed by atoms with Crippen molar-refractivity contribution in [3.8, 4) is 17.2 Å². The van der Waals surface area contributed by atoms with Crippen LogP contribution in [0.1, 0.15) is 58.5 Å². The minimum atomic E-state index is -4.48. The minimum absolute atomic E-state index is 0.196. The number of nitrogens with zero attached hydrogens (tertiary/aromatic N) is 4. The second-order valence-electron chi connectivity index (χ2n) is 8.34. The second kappa shape index (κ2) is 8.30. The van der Waals surface area contributed by atoms with E-state index in [4.69, 9.17) is 5.73 Å². The maximum Gasteiger partial charge on any atom is 0.435 e. The van der Waals surface area contributed by atoms with E-state index in [-0.39, 0.29) is 12.4 Å². The maximum absolute atomic E-state index is 13.0. The number of hydrogen-bond donors (Lipinski definition) is 1. The average Bonchev–Trinajstić information content (AvgIpc) is 3.08. The standard InChI is InChI=1S/C24H24F3N5/c1-14-10-16(13-32-9-8-21(31-32)24(25,26)27)15(2)18(11-14)22-17-6-4-3-5-7-20(17)30-23(29)19(22)12-28/h8-11H,3-7,13H2,1-2H3,(H2,29,30). The van der Waals surface area contributed by atoms with Gasteiger partial charge in [-0.1, -0.05) is 24.1 Å². The Morgan fingerprint density at radius 3 is 2.59 bits per heavy atom. The molecule has 1 aliphatic carbocycles. The number of nitriles is 1. The van der Waals surface area contributed by atoms with Gasteiger partial charge in [-0.2, -0.15) is 23.5 Å². The number of rotatable bonds is 3. The van der Waals surface area contributed by atoms with Crippen LogP contribution in [0.15, 0.2) is 24.4 Å². The molecule has 4 rings (SSSR count). The molecule has 0 saturated heterocycles. The number of nitrogen functional groups attached to an aromatic ring is 1. The first-order valence-electron chi connectivity index (χ1n) is 10.6. The van der Waals surface area contributed by atoms with Gasteiger partial charge in [-0.15, -0.1) is 0 Å². The zero-order valence-electron chi connectivity index (χ0n) is 18.1. The van der Waals surface area contributed by atoms with Crippen LogP contribution in [-0.2, 0) is 25.6 Å². The minimum Gasteiger partial charge on any atom is -0.383 e. The summed E-state index contributed by atoms with van der Waals surface area (Å²) < 4.78 is 40.2. The highest BCUT2D eigenvalue weighted by Gasteiger charge is 2.33. The predicted molar refractivity (Wildman–Crippen MR) is 116 cm³/mol. The molecule has 1 aromatic carbocycles. The number of anilines is 1. The number of aryl methyl sites for hydroxylation is 2. The van der Waals surface area contributed by atoms with Crippen LogP contribution < -0.4 is 5.73 Å². The van der Waals surface area contributed by atoms with Crippen LogP contribution in [0.2, 0.25) is 0 Å². The van der Waals surface area contributed by atoms with Gasteiger partial charge in [0.05, 0.1) is 6.54 Å². The number of nitrogens with two attached hydrogens (primary N) is 1. The molecule has 0 radical (unpaired) electrons. The van der Waals surface area contributed by atoms with Crippen molar-refractivity contribution in [2.24, 2.45) is 0 Å². The lowest BCUT2D eigenvalue weighted by molar-refractivity contribution is -0.141. The van der Waals surface area contributed by atoms with Crippen molar-refractivity contribution in [3.05, 3.63) is 63.6 Å². The molecular weight excluding hydrogens is 415 g/mol. The van der Waals surface area contributed by atoms with Crippen LogP contribution in [0, 0.1) is 25.2 Å². The van der Waals surface area contributed by atoms with Crippen LogP contribution in [0.4, 0.5) is 19.0 Å². The Bertz CT molecular complexity index is 1220. The van der Waals surface area contributed by atoms with Gasteiger partial charge in [-0.25, -0.2) is 4.98 Å². The summed E-state index contributed by atoms with van der Waals surface area (Å²) in [6, 6.07) is 7.18. The van der Waals surface area contributed by atoms with Gasteiger partial charge in [-0.05, 0) is 67.9 Å². The number of hydrogen-bond acceptors (Lipinski definition) is 4. The fourth-order valence-corrected chi connectivity index (χ4v) is 4.48. The molecule has 0 atom stereocenters. The van der Waals surface area contributed by atoms with Gasteiger partial charge in [0, 0.05) is 17.5 Å². The molecule has 2 N–H and O–H groups in total. The smallest absolute Gasteiger partial charge is 0.383 e. The molecule has 32 heavy (non-hydrogen) atoms. The summed E-state index contributed by atoms with van der Waals surface area (Å²) in [7, 11) is 0. The van der Waals surface area contributed by atoms with E-state index in [1.807, 2.05) is 26.0 Å². The van der Waals surface area contributed by atoms with Gasteiger partial charge in [-0.3, -0.25) is 4.68 Å². The molecule has 0 bridgehead atoms. The largest absolute Gasteiger partial charge is 0.435 e. The van der Waals surface area contributed by atoms with Crippen LogP contribution >= 0.6 is 0 Å². The predicted octanol–water partition coefficient (Wildman–Crippen LogP) is 5.35. The van der Waals surface area contributed by atoms with Gasteiger partial charge in [0.2, 0.25) is 0 Å². The Morgan fingerprint density at radius 2 is 1.91 bits per heavy atom. The van der Waals surface area contributed by atoms with E-state index in [0.29, 0.717) is 5.56 Å². The van der Waals surface area contributed by atoms with Crippen molar-refractivity contribution in [1.29, 1.82) is 5.26 Å². The van der Waals surface area contributed by atoms with Gasteiger partial charge < -0.3 is 5.73 Å². The molecule has 8 heteroatoms. The molecule has 0 amide bonds. The summed E-state index contributed by atoms with van der Waals surface area (Å²) in [5, 5.41) is 13.6. The van der Waals surface area contributed by atoms with Gasteiger partial charge in [0.25, 0.3) is 0 Å². The van der Waals surface area contributed by atoms with Crippen molar-refractivity contribution in [1.82, 2.24) is 14.8 Å². The molecule has 0 spiro atoms. The van der Waals surface area contributed by atoms with Crippen molar-refractivity contribution in [2.45, 2.75) is 58.7 Å².